The van der Waals surface area contributed by atoms with Gasteiger partial charge in [0.1, 0.15) is 5.75 Å². The number of halogens is 1. The second-order valence-electron chi connectivity index (χ2n) is 5.70. The third-order valence-corrected chi connectivity index (χ3v) is 3.86. The molecule has 0 bridgehead atoms. The van der Waals surface area contributed by atoms with Gasteiger partial charge in [-0.15, -0.1) is 5.10 Å². The van der Waals surface area contributed by atoms with Gasteiger partial charge in [0.2, 0.25) is 5.95 Å². The molecular formula is C18H19ClN6O. The van der Waals surface area contributed by atoms with Crippen LogP contribution in [0.5, 0.6) is 5.75 Å². The molecule has 8 heteroatoms. The van der Waals surface area contributed by atoms with E-state index in [2.05, 4.69) is 25.8 Å². The van der Waals surface area contributed by atoms with E-state index in [0.29, 0.717) is 28.2 Å². The van der Waals surface area contributed by atoms with Crippen molar-refractivity contribution in [3.63, 3.8) is 0 Å². The predicted octanol–water partition coefficient (Wildman–Crippen LogP) is 4.09. The van der Waals surface area contributed by atoms with Gasteiger partial charge >= 0.3 is 0 Å². The fourth-order valence-corrected chi connectivity index (χ4v) is 2.48. The number of hydrogen-bond donors (Lipinski definition) is 2. The summed E-state index contributed by atoms with van der Waals surface area (Å²) in [4.78, 5) is 6.45. The van der Waals surface area contributed by atoms with Crippen LogP contribution in [0.1, 0.15) is 0 Å². The highest BCUT2D eigenvalue weighted by Gasteiger charge is 2.07. The molecule has 0 amide bonds. The SMILES string of the molecule is COc1ccc(Cl)cc1Nc1cnnc(Nc2ccc(N(C)C)cc2)n1. The van der Waals surface area contributed by atoms with E-state index in [0.717, 1.165) is 11.4 Å². The van der Waals surface area contributed by atoms with Gasteiger partial charge in [-0.25, -0.2) is 0 Å². The number of ether oxygens (including phenoxy) is 1. The Kier molecular flexibility index (Phi) is 5.38. The van der Waals surface area contributed by atoms with Crippen molar-refractivity contribution in [3.8, 4) is 5.75 Å². The van der Waals surface area contributed by atoms with E-state index < -0.39 is 0 Å². The zero-order chi connectivity index (χ0) is 18.5. The van der Waals surface area contributed by atoms with Gasteiger partial charge in [0.05, 0.1) is 19.0 Å². The molecule has 0 aliphatic heterocycles. The largest absolute Gasteiger partial charge is 0.495 e. The minimum Gasteiger partial charge on any atom is -0.495 e. The molecule has 2 N–H and O–H groups in total. The Labute approximate surface area is 157 Å². The Bertz CT molecular complexity index is 885. The maximum atomic E-state index is 6.05. The number of anilines is 5. The Balaban J connectivity index is 1.77. The van der Waals surface area contributed by atoms with E-state index in [9.17, 15) is 0 Å². The lowest BCUT2D eigenvalue weighted by molar-refractivity contribution is 0.417. The molecule has 0 spiro atoms. The van der Waals surface area contributed by atoms with Gasteiger partial charge < -0.3 is 20.3 Å². The summed E-state index contributed by atoms with van der Waals surface area (Å²) in [6.45, 7) is 0. The van der Waals surface area contributed by atoms with Crippen LogP contribution in [0, 0.1) is 0 Å². The van der Waals surface area contributed by atoms with Gasteiger partial charge in [-0.2, -0.15) is 10.1 Å². The summed E-state index contributed by atoms with van der Waals surface area (Å²) in [6, 6.07) is 13.2. The molecule has 1 aromatic heterocycles. The van der Waals surface area contributed by atoms with Gasteiger partial charge in [-0.3, -0.25) is 0 Å². The molecule has 0 atom stereocenters. The summed E-state index contributed by atoms with van der Waals surface area (Å²) >= 11 is 6.05. The van der Waals surface area contributed by atoms with Crippen molar-refractivity contribution >= 4 is 40.4 Å². The number of hydrogen-bond acceptors (Lipinski definition) is 7. The lowest BCUT2D eigenvalue weighted by Gasteiger charge is -2.13. The number of benzene rings is 2. The summed E-state index contributed by atoms with van der Waals surface area (Å²) in [6.07, 6.45) is 1.53. The first-order valence-electron chi connectivity index (χ1n) is 7.90. The average molecular weight is 371 g/mol. The molecule has 3 rings (SSSR count). The van der Waals surface area contributed by atoms with Crippen molar-refractivity contribution < 1.29 is 4.74 Å². The fourth-order valence-electron chi connectivity index (χ4n) is 2.30. The van der Waals surface area contributed by atoms with Crippen molar-refractivity contribution in [1.29, 1.82) is 0 Å². The monoisotopic (exact) mass is 370 g/mol. The highest BCUT2D eigenvalue weighted by Crippen LogP contribution is 2.30. The first-order valence-corrected chi connectivity index (χ1v) is 8.27. The van der Waals surface area contributed by atoms with Crippen molar-refractivity contribution in [1.82, 2.24) is 15.2 Å². The first-order chi connectivity index (χ1) is 12.5. The van der Waals surface area contributed by atoms with Gasteiger partial charge in [-0.1, -0.05) is 11.6 Å². The van der Waals surface area contributed by atoms with Crippen molar-refractivity contribution in [2.45, 2.75) is 0 Å². The smallest absolute Gasteiger partial charge is 0.249 e. The first kappa shape index (κ1) is 17.8. The molecule has 0 saturated heterocycles. The summed E-state index contributed by atoms with van der Waals surface area (Å²) in [5.74, 6) is 1.56. The van der Waals surface area contributed by atoms with Gasteiger partial charge in [0.25, 0.3) is 0 Å². The Morgan fingerprint density at radius 2 is 1.81 bits per heavy atom. The lowest BCUT2D eigenvalue weighted by Crippen LogP contribution is -2.08. The van der Waals surface area contributed by atoms with Gasteiger partial charge in [0.15, 0.2) is 5.82 Å². The Morgan fingerprint density at radius 3 is 2.50 bits per heavy atom. The van der Waals surface area contributed by atoms with E-state index in [1.807, 2.05) is 43.3 Å². The summed E-state index contributed by atoms with van der Waals surface area (Å²) in [5.41, 5.74) is 2.68. The quantitative estimate of drug-likeness (QED) is 0.676. The Hall–Kier alpha value is -3.06. The van der Waals surface area contributed by atoms with Gasteiger partial charge in [-0.05, 0) is 42.5 Å². The maximum absolute atomic E-state index is 6.05. The third kappa shape index (κ3) is 4.31. The average Bonchev–Trinajstić information content (AvgIpc) is 2.63. The Morgan fingerprint density at radius 1 is 1.04 bits per heavy atom. The number of rotatable bonds is 6. The second kappa shape index (κ2) is 7.88. The van der Waals surface area contributed by atoms with Crippen molar-refractivity contribution in [2.24, 2.45) is 0 Å². The molecule has 2 aromatic carbocycles. The van der Waals surface area contributed by atoms with Crippen molar-refractivity contribution in [3.05, 3.63) is 53.7 Å². The van der Waals surface area contributed by atoms with Crippen molar-refractivity contribution in [2.75, 3.05) is 36.7 Å². The fraction of sp³-hybridized carbons (Fsp3) is 0.167. The molecule has 134 valence electrons. The van der Waals surface area contributed by atoms with Crippen LogP contribution in [0.4, 0.5) is 28.8 Å². The second-order valence-corrected chi connectivity index (χ2v) is 6.14. The topological polar surface area (TPSA) is 75.2 Å². The van der Waals surface area contributed by atoms with Crippen LogP contribution in [0.25, 0.3) is 0 Å². The van der Waals surface area contributed by atoms with Crippen LogP contribution < -0.4 is 20.3 Å². The lowest BCUT2D eigenvalue weighted by atomic mass is 10.2. The standard InChI is InChI=1S/C18H19ClN6O/c1-25(2)14-7-5-13(6-8-14)21-18-23-17(11-20-24-18)22-15-10-12(19)4-9-16(15)26-3/h4-11H,1-3H3,(H2,21,22,23,24). The summed E-state index contributed by atoms with van der Waals surface area (Å²) in [5, 5.41) is 14.9. The number of aromatic nitrogens is 3. The predicted molar refractivity (Wildman–Crippen MR) is 105 cm³/mol. The summed E-state index contributed by atoms with van der Waals surface area (Å²) in [7, 11) is 5.58. The van der Waals surface area contributed by atoms with E-state index in [1.165, 1.54) is 6.20 Å². The van der Waals surface area contributed by atoms with Crippen LogP contribution in [-0.4, -0.2) is 36.4 Å². The molecule has 0 radical (unpaired) electrons. The minimum absolute atomic E-state index is 0.383. The molecule has 3 aromatic rings. The third-order valence-electron chi connectivity index (χ3n) is 3.62. The highest BCUT2D eigenvalue weighted by molar-refractivity contribution is 6.31. The molecule has 0 fully saturated rings. The molecule has 0 aliphatic rings. The summed E-state index contributed by atoms with van der Waals surface area (Å²) < 4.78 is 5.32. The molecular weight excluding hydrogens is 352 g/mol. The van der Waals surface area contributed by atoms with E-state index in [-0.39, 0.29) is 0 Å². The zero-order valence-corrected chi connectivity index (χ0v) is 15.4. The number of methoxy groups -OCH3 is 1. The molecule has 7 nitrogen and oxygen atoms in total. The minimum atomic E-state index is 0.383. The van der Waals surface area contributed by atoms with Gasteiger partial charge in [0, 0.05) is 30.5 Å². The molecule has 0 unspecified atom stereocenters. The maximum Gasteiger partial charge on any atom is 0.249 e. The van der Waals surface area contributed by atoms with Crippen LogP contribution in [-0.2, 0) is 0 Å². The molecule has 1 heterocycles. The molecule has 26 heavy (non-hydrogen) atoms. The highest BCUT2D eigenvalue weighted by atomic mass is 35.5. The number of nitrogens with zero attached hydrogens (tertiary/aromatic N) is 4. The zero-order valence-electron chi connectivity index (χ0n) is 14.7. The van der Waals surface area contributed by atoms with E-state index in [1.54, 1.807) is 25.3 Å². The molecule has 0 saturated carbocycles. The van der Waals surface area contributed by atoms with Crippen LogP contribution >= 0.6 is 11.6 Å². The normalized spacial score (nSPS) is 10.3. The van der Waals surface area contributed by atoms with E-state index in [4.69, 9.17) is 16.3 Å². The number of nitrogens with one attached hydrogen (secondary N) is 2. The van der Waals surface area contributed by atoms with Crippen LogP contribution in [0.3, 0.4) is 0 Å². The molecule has 0 aliphatic carbocycles. The van der Waals surface area contributed by atoms with Crippen LogP contribution in [0.15, 0.2) is 48.7 Å². The van der Waals surface area contributed by atoms with Crippen LogP contribution in [0.2, 0.25) is 5.02 Å². The van der Waals surface area contributed by atoms with E-state index >= 15 is 0 Å².